The first kappa shape index (κ1) is 20.4. The Balaban J connectivity index is 1.66. The topological polar surface area (TPSA) is 72.5 Å². The average Bonchev–Trinajstić information content (AvgIpc) is 3.27. The number of thiophene rings is 1. The fourth-order valence-electron chi connectivity index (χ4n) is 2.61. The van der Waals surface area contributed by atoms with Crippen molar-refractivity contribution in [2.45, 2.75) is 18.9 Å². The van der Waals surface area contributed by atoms with Crippen molar-refractivity contribution in [1.82, 2.24) is 0 Å². The van der Waals surface area contributed by atoms with E-state index in [2.05, 4.69) is 5.32 Å². The highest BCUT2D eigenvalue weighted by Crippen LogP contribution is 2.22. The monoisotopic (exact) mass is 411 g/mol. The first-order chi connectivity index (χ1) is 14.0. The summed E-state index contributed by atoms with van der Waals surface area (Å²) in [5, 5.41) is 4.40. The van der Waals surface area contributed by atoms with Gasteiger partial charge in [-0.05, 0) is 35.7 Å². The van der Waals surface area contributed by atoms with E-state index in [0.717, 1.165) is 0 Å². The minimum atomic E-state index is -1.19. The summed E-state index contributed by atoms with van der Waals surface area (Å²) in [6.07, 6.45) is -1.32. The van der Waals surface area contributed by atoms with E-state index in [9.17, 15) is 18.8 Å². The van der Waals surface area contributed by atoms with Crippen LogP contribution in [0, 0.1) is 5.82 Å². The van der Waals surface area contributed by atoms with Crippen molar-refractivity contribution in [3.63, 3.8) is 0 Å². The molecule has 1 heterocycles. The normalized spacial score (nSPS) is 11.5. The second kappa shape index (κ2) is 9.75. The predicted octanol–water partition coefficient (Wildman–Crippen LogP) is 4.77. The molecule has 1 atom stereocenters. The van der Waals surface area contributed by atoms with Gasteiger partial charge < -0.3 is 10.1 Å². The van der Waals surface area contributed by atoms with Gasteiger partial charge in [0, 0.05) is 17.7 Å². The summed E-state index contributed by atoms with van der Waals surface area (Å²) in [7, 11) is 0. The van der Waals surface area contributed by atoms with Crippen molar-refractivity contribution in [3.8, 4) is 0 Å². The molecule has 0 saturated heterocycles. The van der Waals surface area contributed by atoms with Crippen LogP contribution in [-0.4, -0.2) is 17.7 Å². The molecular formula is C22H18FNO4S. The van der Waals surface area contributed by atoms with Gasteiger partial charge in [-0.1, -0.05) is 36.4 Å². The number of hydrogen-bond donors (Lipinski definition) is 1. The van der Waals surface area contributed by atoms with Gasteiger partial charge in [-0.15, -0.1) is 11.3 Å². The van der Waals surface area contributed by atoms with E-state index in [1.807, 2.05) is 0 Å². The van der Waals surface area contributed by atoms with Gasteiger partial charge in [-0.25, -0.2) is 4.39 Å². The number of nitrogens with one attached hydrogen (secondary N) is 1. The first-order valence-electron chi connectivity index (χ1n) is 8.90. The lowest BCUT2D eigenvalue weighted by Crippen LogP contribution is -2.26. The number of Topliss-reactive ketones (excluding diaryl/α,β-unsaturated/α-hetero) is 1. The van der Waals surface area contributed by atoms with Gasteiger partial charge in [-0.2, -0.15) is 0 Å². The lowest BCUT2D eigenvalue weighted by atomic mass is 10.1. The maximum Gasteiger partial charge on any atom is 0.307 e. The van der Waals surface area contributed by atoms with Gasteiger partial charge in [0.1, 0.15) is 5.82 Å². The predicted molar refractivity (Wildman–Crippen MR) is 108 cm³/mol. The molecule has 1 amide bonds. The molecule has 0 saturated carbocycles. The van der Waals surface area contributed by atoms with Gasteiger partial charge in [0.05, 0.1) is 11.3 Å². The number of anilines is 1. The van der Waals surface area contributed by atoms with Gasteiger partial charge >= 0.3 is 5.97 Å². The number of halogens is 1. The molecule has 2 aromatic carbocycles. The summed E-state index contributed by atoms with van der Waals surface area (Å²) in [6.45, 7) is 0. The second-order valence-corrected chi connectivity index (χ2v) is 7.12. The van der Waals surface area contributed by atoms with Crippen LogP contribution in [0.25, 0.3) is 0 Å². The molecule has 0 radical (unpaired) electrons. The summed E-state index contributed by atoms with van der Waals surface area (Å²) < 4.78 is 18.5. The molecule has 1 aromatic heterocycles. The Bertz CT molecular complexity index is 972. The van der Waals surface area contributed by atoms with Crippen molar-refractivity contribution in [1.29, 1.82) is 0 Å². The van der Waals surface area contributed by atoms with Crippen LogP contribution in [-0.2, 0) is 14.3 Å². The zero-order valence-corrected chi connectivity index (χ0v) is 16.2. The third-order valence-electron chi connectivity index (χ3n) is 4.05. The Morgan fingerprint density at radius 2 is 1.66 bits per heavy atom. The number of carbonyl (C=O) groups is 3. The quantitative estimate of drug-likeness (QED) is 0.428. The van der Waals surface area contributed by atoms with Gasteiger partial charge in [-0.3, -0.25) is 14.4 Å². The maximum atomic E-state index is 13.1. The van der Waals surface area contributed by atoms with E-state index >= 15 is 0 Å². The lowest BCUT2D eigenvalue weighted by molar-refractivity contribution is -0.154. The van der Waals surface area contributed by atoms with Crippen LogP contribution in [0.15, 0.2) is 72.1 Å². The second-order valence-electron chi connectivity index (χ2n) is 6.18. The lowest BCUT2D eigenvalue weighted by Gasteiger charge is -2.18. The van der Waals surface area contributed by atoms with E-state index in [0.29, 0.717) is 16.1 Å². The highest BCUT2D eigenvalue weighted by atomic mass is 32.1. The summed E-state index contributed by atoms with van der Waals surface area (Å²) >= 11 is 1.31. The zero-order valence-electron chi connectivity index (χ0n) is 15.3. The standard InChI is InChI=1S/C22H18FNO4S/c23-16-8-10-17(11-9-16)24-22(27)21(15-5-2-1-3-6-15)28-20(26)13-12-18(25)19-7-4-14-29-19/h1-11,14,21H,12-13H2,(H,24,27)/t21-/m0/s1. The third kappa shape index (κ3) is 5.83. The third-order valence-corrected chi connectivity index (χ3v) is 4.96. The van der Waals surface area contributed by atoms with Gasteiger partial charge in [0.25, 0.3) is 5.91 Å². The molecule has 3 rings (SSSR count). The average molecular weight is 411 g/mol. The molecular weight excluding hydrogens is 393 g/mol. The minimum absolute atomic E-state index is 0.000434. The highest BCUT2D eigenvalue weighted by molar-refractivity contribution is 7.12. The minimum Gasteiger partial charge on any atom is -0.447 e. The first-order valence-corrected chi connectivity index (χ1v) is 9.78. The molecule has 0 aliphatic carbocycles. The van der Waals surface area contributed by atoms with Crippen LogP contribution >= 0.6 is 11.3 Å². The number of benzene rings is 2. The number of ketones is 1. The molecule has 148 valence electrons. The summed E-state index contributed by atoms with van der Waals surface area (Å²) in [6, 6.07) is 17.3. The van der Waals surface area contributed by atoms with Crippen LogP contribution in [0.4, 0.5) is 10.1 Å². The van der Waals surface area contributed by atoms with Crippen LogP contribution in [0.5, 0.6) is 0 Å². The Morgan fingerprint density at radius 3 is 2.31 bits per heavy atom. The molecule has 0 aliphatic rings. The van der Waals surface area contributed by atoms with Crippen LogP contribution in [0.2, 0.25) is 0 Å². The van der Waals surface area contributed by atoms with E-state index in [1.54, 1.807) is 47.8 Å². The van der Waals surface area contributed by atoms with E-state index in [1.165, 1.54) is 35.6 Å². The van der Waals surface area contributed by atoms with E-state index < -0.39 is 23.8 Å². The molecule has 7 heteroatoms. The van der Waals surface area contributed by atoms with E-state index in [-0.39, 0.29) is 18.6 Å². The number of rotatable bonds is 8. The number of esters is 1. The van der Waals surface area contributed by atoms with Crippen LogP contribution in [0.1, 0.15) is 34.2 Å². The zero-order chi connectivity index (χ0) is 20.6. The van der Waals surface area contributed by atoms with Crippen molar-refractivity contribution in [3.05, 3.63) is 88.4 Å². The van der Waals surface area contributed by atoms with Crippen molar-refractivity contribution in [2.75, 3.05) is 5.32 Å². The highest BCUT2D eigenvalue weighted by Gasteiger charge is 2.25. The molecule has 0 bridgehead atoms. The molecule has 1 N–H and O–H groups in total. The smallest absolute Gasteiger partial charge is 0.307 e. The molecule has 3 aromatic rings. The SMILES string of the molecule is O=C(CCC(=O)c1cccs1)O[C@H](C(=O)Nc1ccc(F)cc1)c1ccccc1. The van der Waals surface area contributed by atoms with Crippen molar-refractivity contribution in [2.24, 2.45) is 0 Å². The Labute approximate surface area is 171 Å². The number of amides is 1. The Kier molecular flexibility index (Phi) is 6.86. The fraction of sp³-hybridized carbons (Fsp3) is 0.136. The largest absolute Gasteiger partial charge is 0.447 e. The van der Waals surface area contributed by atoms with Gasteiger partial charge in [0.2, 0.25) is 6.10 Å². The summed E-state index contributed by atoms with van der Waals surface area (Å²) in [5.41, 5.74) is 0.867. The fourth-order valence-corrected chi connectivity index (χ4v) is 3.30. The van der Waals surface area contributed by atoms with Crippen molar-refractivity contribution >= 4 is 34.7 Å². The molecule has 0 unspecified atom stereocenters. The Morgan fingerprint density at radius 1 is 0.931 bits per heavy atom. The summed E-state index contributed by atoms with van der Waals surface area (Å²) in [5.74, 6) is -1.80. The molecule has 0 fully saturated rings. The van der Waals surface area contributed by atoms with Crippen LogP contribution in [0.3, 0.4) is 0 Å². The molecule has 5 nitrogen and oxygen atoms in total. The Hall–Kier alpha value is -3.32. The number of carbonyl (C=O) groups excluding carboxylic acids is 3. The van der Waals surface area contributed by atoms with Crippen LogP contribution < -0.4 is 5.32 Å². The van der Waals surface area contributed by atoms with Crippen molar-refractivity contribution < 1.29 is 23.5 Å². The molecule has 0 spiro atoms. The molecule has 29 heavy (non-hydrogen) atoms. The molecule has 0 aliphatic heterocycles. The number of ether oxygens (including phenoxy) is 1. The maximum absolute atomic E-state index is 13.1. The van der Waals surface area contributed by atoms with E-state index in [4.69, 9.17) is 4.74 Å². The summed E-state index contributed by atoms with van der Waals surface area (Å²) in [4.78, 5) is 37.6. The van der Waals surface area contributed by atoms with Gasteiger partial charge in [0.15, 0.2) is 5.78 Å². The number of hydrogen-bond acceptors (Lipinski definition) is 5.